The fourth-order valence-electron chi connectivity index (χ4n) is 2.75. The molecular weight excluding hydrogens is 300 g/mol. The van der Waals surface area contributed by atoms with Gasteiger partial charge < -0.3 is 5.11 Å². The van der Waals surface area contributed by atoms with Crippen molar-refractivity contribution in [1.29, 1.82) is 0 Å². The lowest BCUT2D eigenvalue weighted by molar-refractivity contribution is 0.101. The average Bonchev–Trinajstić information content (AvgIpc) is 2.62. The molecule has 3 rings (SSSR count). The summed E-state index contributed by atoms with van der Waals surface area (Å²) in [4.78, 5) is 21.8. The summed E-state index contributed by atoms with van der Waals surface area (Å²) in [5.41, 5.74) is 2.99. The second-order valence-corrected chi connectivity index (χ2v) is 5.67. The van der Waals surface area contributed by atoms with Gasteiger partial charge in [-0.3, -0.25) is 4.79 Å². The zero-order valence-corrected chi connectivity index (χ0v) is 13.9. The molecule has 1 N–H and O–H groups in total. The van der Waals surface area contributed by atoms with Crippen molar-refractivity contribution in [3.63, 3.8) is 0 Å². The molecule has 0 spiro atoms. The van der Waals surface area contributed by atoms with Gasteiger partial charge in [0.1, 0.15) is 17.5 Å². The van der Waals surface area contributed by atoms with E-state index < -0.39 is 6.10 Å². The van der Waals surface area contributed by atoms with E-state index in [4.69, 9.17) is 0 Å². The normalized spacial score (nSPS) is 16.6. The number of hydrogen-bond donors (Lipinski definition) is 1. The number of carbonyl (C=O) groups excluding carboxylic acids is 1. The maximum Gasteiger partial charge on any atom is 0.213 e. The lowest BCUT2D eigenvalue weighted by Gasteiger charge is -2.22. The van der Waals surface area contributed by atoms with Crippen LogP contribution < -0.4 is 0 Å². The van der Waals surface area contributed by atoms with E-state index in [1.54, 1.807) is 18.2 Å². The van der Waals surface area contributed by atoms with E-state index in [1.165, 1.54) is 0 Å². The molecule has 0 saturated carbocycles. The first-order valence-corrected chi connectivity index (χ1v) is 8.24. The summed E-state index contributed by atoms with van der Waals surface area (Å²) < 4.78 is 0. The van der Waals surface area contributed by atoms with Crippen LogP contribution in [0.5, 0.6) is 0 Å². The van der Waals surface area contributed by atoms with E-state index in [2.05, 4.69) is 9.97 Å². The average molecular weight is 320 g/mol. The molecular formula is C20H20N2O2. The highest BCUT2D eigenvalue weighted by Gasteiger charge is 2.32. The van der Waals surface area contributed by atoms with Crippen molar-refractivity contribution in [1.82, 2.24) is 9.97 Å². The standard InChI is InChI=1S/C20H20N2O2/c1-3-5-11-15-16(12-6-4-2)22-18-17(21-15)19(23)13-9-7-8-10-14(13)20(18)24/h5-12,19,23H,3-4H2,1-2H3/b11-5+,12-6+. The van der Waals surface area contributed by atoms with Gasteiger partial charge in [-0.05, 0) is 30.6 Å². The molecule has 1 aliphatic carbocycles. The Hall–Kier alpha value is -2.59. The Morgan fingerprint density at radius 1 is 1.04 bits per heavy atom. The van der Waals surface area contributed by atoms with E-state index in [0.717, 1.165) is 12.8 Å². The van der Waals surface area contributed by atoms with Crippen LogP contribution in [0, 0.1) is 0 Å². The van der Waals surface area contributed by atoms with E-state index in [-0.39, 0.29) is 11.5 Å². The van der Waals surface area contributed by atoms with Crippen molar-refractivity contribution in [2.24, 2.45) is 0 Å². The van der Waals surface area contributed by atoms with Crippen LogP contribution in [-0.2, 0) is 0 Å². The minimum Gasteiger partial charge on any atom is -0.382 e. The second-order valence-electron chi connectivity index (χ2n) is 5.67. The van der Waals surface area contributed by atoms with Gasteiger partial charge >= 0.3 is 0 Å². The molecule has 1 aromatic carbocycles. The van der Waals surface area contributed by atoms with Crippen molar-refractivity contribution in [2.45, 2.75) is 32.8 Å². The third-order valence-electron chi connectivity index (χ3n) is 3.98. The van der Waals surface area contributed by atoms with Gasteiger partial charge in [-0.1, -0.05) is 50.3 Å². The fraction of sp³-hybridized carbons (Fsp3) is 0.250. The summed E-state index contributed by atoms with van der Waals surface area (Å²) in [6.07, 6.45) is 8.56. The highest BCUT2D eigenvalue weighted by Crippen LogP contribution is 2.33. The maximum absolute atomic E-state index is 12.7. The predicted octanol–water partition coefficient (Wildman–Crippen LogP) is 3.95. The van der Waals surface area contributed by atoms with Gasteiger partial charge in [0.15, 0.2) is 0 Å². The molecule has 1 atom stereocenters. The number of ketones is 1. The first-order valence-electron chi connectivity index (χ1n) is 8.24. The van der Waals surface area contributed by atoms with Gasteiger partial charge in [-0.2, -0.15) is 0 Å². The molecule has 4 heteroatoms. The molecule has 2 aromatic rings. The first kappa shape index (κ1) is 16.3. The van der Waals surface area contributed by atoms with Gasteiger partial charge in [-0.25, -0.2) is 9.97 Å². The Labute approximate surface area is 141 Å². The zero-order valence-electron chi connectivity index (χ0n) is 13.9. The summed E-state index contributed by atoms with van der Waals surface area (Å²) >= 11 is 0. The van der Waals surface area contributed by atoms with Crippen LogP contribution in [0.4, 0.5) is 0 Å². The molecule has 24 heavy (non-hydrogen) atoms. The zero-order chi connectivity index (χ0) is 17.1. The van der Waals surface area contributed by atoms with E-state index in [0.29, 0.717) is 28.2 Å². The minimum atomic E-state index is -0.931. The number of benzene rings is 1. The monoisotopic (exact) mass is 320 g/mol. The van der Waals surface area contributed by atoms with Crippen LogP contribution >= 0.6 is 0 Å². The van der Waals surface area contributed by atoms with Crippen LogP contribution in [0.3, 0.4) is 0 Å². The van der Waals surface area contributed by atoms with E-state index in [1.807, 2.05) is 44.2 Å². The molecule has 0 saturated heterocycles. The molecule has 4 nitrogen and oxygen atoms in total. The number of hydrogen-bond acceptors (Lipinski definition) is 4. The highest BCUT2D eigenvalue weighted by atomic mass is 16.3. The van der Waals surface area contributed by atoms with Crippen LogP contribution in [0.25, 0.3) is 12.2 Å². The minimum absolute atomic E-state index is 0.185. The third kappa shape index (κ3) is 2.81. The molecule has 0 amide bonds. The highest BCUT2D eigenvalue weighted by molar-refractivity contribution is 6.11. The summed E-state index contributed by atoms with van der Waals surface area (Å²) in [5, 5.41) is 10.7. The topological polar surface area (TPSA) is 63.1 Å². The Bertz CT molecular complexity index is 838. The second kappa shape index (κ2) is 6.89. The van der Waals surface area contributed by atoms with Crippen LogP contribution in [-0.4, -0.2) is 20.9 Å². The Kier molecular flexibility index (Phi) is 4.67. The quantitative estimate of drug-likeness (QED) is 0.926. The van der Waals surface area contributed by atoms with Crippen molar-refractivity contribution < 1.29 is 9.90 Å². The summed E-state index contributed by atoms with van der Waals surface area (Å²) in [7, 11) is 0. The van der Waals surface area contributed by atoms with E-state index >= 15 is 0 Å². The number of carbonyl (C=O) groups is 1. The SMILES string of the molecule is CC/C=C/c1nc2c(nc1/C=C/CC)C(O)c1ccccc1C2=O. The van der Waals surface area contributed by atoms with Crippen molar-refractivity contribution in [3.05, 3.63) is 70.3 Å². The van der Waals surface area contributed by atoms with Crippen molar-refractivity contribution >= 4 is 17.9 Å². The van der Waals surface area contributed by atoms with Gasteiger partial charge in [0.25, 0.3) is 0 Å². The summed E-state index contributed by atoms with van der Waals surface area (Å²) in [5.74, 6) is -0.185. The number of fused-ring (bicyclic) bond motifs is 2. The lowest BCUT2D eigenvalue weighted by atomic mass is 9.88. The molecule has 122 valence electrons. The molecule has 1 aliphatic rings. The van der Waals surface area contributed by atoms with Crippen LogP contribution in [0.15, 0.2) is 36.4 Å². The summed E-state index contributed by atoms with van der Waals surface area (Å²) in [6.45, 7) is 4.08. The Morgan fingerprint density at radius 2 is 1.67 bits per heavy atom. The summed E-state index contributed by atoms with van der Waals surface area (Å²) in [6, 6.07) is 7.08. The first-order chi connectivity index (χ1) is 11.7. The van der Waals surface area contributed by atoms with Crippen LogP contribution in [0.2, 0.25) is 0 Å². The molecule has 1 heterocycles. The van der Waals surface area contributed by atoms with Gasteiger partial charge in [0, 0.05) is 5.56 Å². The third-order valence-corrected chi connectivity index (χ3v) is 3.98. The number of nitrogens with zero attached hydrogens (tertiary/aromatic N) is 2. The number of aliphatic hydroxyl groups excluding tert-OH is 1. The molecule has 0 fully saturated rings. The molecule has 1 unspecified atom stereocenters. The van der Waals surface area contributed by atoms with Crippen molar-refractivity contribution in [2.75, 3.05) is 0 Å². The number of aromatic nitrogens is 2. The van der Waals surface area contributed by atoms with Crippen molar-refractivity contribution in [3.8, 4) is 0 Å². The van der Waals surface area contributed by atoms with Gasteiger partial charge in [-0.15, -0.1) is 0 Å². The Morgan fingerprint density at radius 3 is 2.33 bits per heavy atom. The molecule has 0 radical (unpaired) electrons. The van der Waals surface area contributed by atoms with Gasteiger partial charge in [0.2, 0.25) is 5.78 Å². The molecule has 0 aliphatic heterocycles. The Balaban J connectivity index is 2.19. The largest absolute Gasteiger partial charge is 0.382 e. The van der Waals surface area contributed by atoms with E-state index in [9.17, 15) is 9.90 Å². The smallest absolute Gasteiger partial charge is 0.213 e. The predicted molar refractivity (Wildman–Crippen MR) is 94.6 cm³/mol. The molecule has 1 aromatic heterocycles. The number of rotatable bonds is 4. The van der Waals surface area contributed by atoms with Crippen LogP contribution in [0.1, 0.15) is 71.5 Å². The molecule has 0 bridgehead atoms. The number of aliphatic hydroxyl groups is 1. The maximum atomic E-state index is 12.7. The fourth-order valence-corrected chi connectivity index (χ4v) is 2.75. The number of allylic oxidation sites excluding steroid dienone is 2. The van der Waals surface area contributed by atoms with Gasteiger partial charge in [0.05, 0.1) is 11.4 Å². The lowest BCUT2D eigenvalue weighted by Crippen LogP contribution is -2.23.